The van der Waals surface area contributed by atoms with Gasteiger partial charge in [-0.3, -0.25) is 0 Å². The zero-order valence-electron chi connectivity index (χ0n) is 18.1. The van der Waals surface area contributed by atoms with Crippen molar-refractivity contribution in [1.82, 2.24) is 0 Å². The molecule has 0 N–H and O–H groups in total. The molecule has 0 aromatic heterocycles. The number of hydrogen-bond donors (Lipinski definition) is 0. The molecule has 0 bridgehead atoms. The molecule has 0 unspecified atom stereocenters. The van der Waals surface area contributed by atoms with Gasteiger partial charge < -0.3 is 0 Å². The standard InChI is InChI=1S/C23H22.C6H5.Sb/c1-17-10-11-21(16-22(17)23(2,3)4)20-14-12-19(13-15-20)18-8-6-5-7-9-18;1-2-4-6-5-3-1;/h5-14H,1-4H3;1-5H;. The fourth-order valence-corrected chi connectivity index (χ4v) is 13.7. The Balaban J connectivity index is 1.81. The van der Waals surface area contributed by atoms with E-state index in [0.717, 1.165) is 0 Å². The molecule has 0 nitrogen and oxygen atoms in total. The van der Waals surface area contributed by atoms with E-state index < -0.39 is 20.2 Å². The predicted octanol–water partition coefficient (Wildman–Crippen LogP) is 5.46. The molecule has 4 aromatic carbocycles. The van der Waals surface area contributed by atoms with Crippen LogP contribution in [0.25, 0.3) is 22.3 Å². The topological polar surface area (TPSA) is 0 Å². The fourth-order valence-electron chi connectivity index (χ4n) is 4.81. The van der Waals surface area contributed by atoms with Gasteiger partial charge in [-0.05, 0) is 0 Å². The zero-order valence-corrected chi connectivity index (χ0v) is 20.7. The third-order valence-corrected chi connectivity index (χ3v) is 13.4. The average Bonchev–Trinajstić information content (AvgIpc) is 3.07. The minimum atomic E-state index is -2.14. The van der Waals surface area contributed by atoms with Crippen LogP contribution in [0.5, 0.6) is 0 Å². The molecule has 0 amide bonds. The van der Waals surface area contributed by atoms with E-state index >= 15 is 0 Å². The molecule has 1 heteroatoms. The van der Waals surface area contributed by atoms with Crippen molar-refractivity contribution in [2.24, 2.45) is 0 Å². The van der Waals surface area contributed by atoms with Crippen molar-refractivity contribution >= 4 is 30.7 Å². The second kappa shape index (κ2) is 7.43. The Kier molecular flexibility index (Phi) is 4.87. The van der Waals surface area contributed by atoms with Gasteiger partial charge in [-0.1, -0.05) is 0 Å². The summed E-state index contributed by atoms with van der Waals surface area (Å²) in [6.45, 7) is 9.41. The van der Waals surface area contributed by atoms with Crippen LogP contribution in [-0.2, 0) is 5.41 Å². The molecule has 0 spiro atoms. The van der Waals surface area contributed by atoms with Crippen molar-refractivity contribution in [3.8, 4) is 22.3 Å². The first kappa shape index (κ1) is 19.6. The monoisotopic (exact) mass is 496 g/mol. The predicted molar refractivity (Wildman–Crippen MR) is 132 cm³/mol. The summed E-state index contributed by atoms with van der Waals surface area (Å²) in [4.78, 5) is 0. The minimum absolute atomic E-state index is 0.136. The quantitative estimate of drug-likeness (QED) is 0.285. The van der Waals surface area contributed by atoms with E-state index in [9.17, 15) is 0 Å². The molecular weight excluding hydrogens is 470 g/mol. The summed E-state index contributed by atoms with van der Waals surface area (Å²) in [5, 5.41) is 0. The van der Waals surface area contributed by atoms with Gasteiger partial charge in [0.1, 0.15) is 0 Å². The van der Waals surface area contributed by atoms with Crippen molar-refractivity contribution in [3.05, 3.63) is 102 Å². The molecule has 0 atom stereocenters. The second-order valence-electron chi connectivity index (χ2n) is 9.17. The Morgan fingerprint density at radius 3 is 1.93 bits per heavy atom. The maximum absolute atomic E-state index is 2.50. The molecule has 5 rings (SSSR count). The number of hydrogen-bond acceptors (Lipinski definition) is 0. The van der Waals surface area contributed by atoms with Crippen molar-refractivity contribution in [1.29, 1.82) is 0 Å². The summed E-state index contributed by atoms with van der Waals surface area (Å²) >= 11 is -2.14. The summed E-state index contributed by atoms with van der Waals surface area (Å²) in [6, 6.07) is 34.0. The third kappa shape index (κ3) is 3.23. The van der Waals surface area contributed by atoms with E-state index in [1.54, 1.807) is 16.1 Å². The first-order valence-corrected chi connectivity index (χ1v) is 14.5. The van der Waals surface area contributed by atoms with E-state index in [2.05, 4.69) is 119 Å². The van der Waals surface area contributed by atoms with Crippen molar-refractivity contribution in [3.63, 3.8) is 0 Å². The molecule has 30 heavy (non-hydrogen) atoms. The van der Waals surface area contributed by atoms with Gasteiger partial charge in [0.15, 0.2) is 0 Å². The second-order valence-corrected chi connectivity index (χ2v) is 15.2. The Morgan fingerprint density at radius 2 is 1.27 bits per heavy atom. The van der Waals surface area contributed by atoms with Crippen LogP contribution in [0.4, 0.5) is 0 Å². The van der Waals surface area contributed by atoms with Crippen LogP contribution in [0.3, 0.4) is 0 Å². The van der Waals surface area contributed by atoms with Crippen LogP contribution >= 0.6 is 0 Å². The molecule has 1 aliphatic heterocycles. The van der Waals surface area contributed by atoms with Gasteiger partial charge in [-0.2, -0.15) is 0 Å². The molecule has 4 aromatic rings. The van der Waals surface area contributed by atoms with Crippen LogP contribution in [0, 0.1) is 6.92 Å². The summed E-state index contributed by atoms with van der Waals surface area (Å²) in [5.41, 5.74) is 8.72. The van der Waals surface area contributed by atoms with E-state index in [0.29, 0.717) is 0 Å². The van der Waals surface area contributed by atoms with E-state index in [1.807, 2.05) is 0 Å². The summed E-state index contributed by atoms with van der Waals surface area (Å²) in [7, 11) is 0. The first-order chi connectivity index (χ1) is 14.4. The van der Waals surface area contributed by atoms with E-state index in [4.69, 9.17) is 0 Å². The maximum atomic E-state index is 2.50. The molecule has 148 valence electrons. The van der Waals surface area contributed by atoms with Gasteiger partial charge in [0, 0.05) is 0 Å². The SMILES string of the molecule is Cc1ccc2[c](c1C(C)(C)C)[Sb]([c]1ccccc1)[c]1cc(-c3ccccc3)ccc1-2. The van der Waals surface area contributed by atoms with Gasteiger partial charge in [0.2, 0.25) is 0 Å². The molecule has 0 saturated carbocycles. The molecule has 0 fully saturated rings. The van der Waals surface area contributed by atoms with Crippen LogP contribution in [0.1, 0.15) is 31.9 Å². The Bertz CT molecular complexity index is 1210. The van der Waals surface area contributed by atoms with Crippen LogP contribution in [0.2, 0.25) is 0 Å². The van der Waals surface area contributed by atoms with Gasteiger partial charge in [-0.15, -0.1) is 0 Å². The van der Waals surface area contributed by atoms with Crippen LogP contribution < -0.4 is 10.5 Å². The van der Waals surface area contributed by atoms with Crippen LogP contribution in [-0.4, -0.2) is 20.2 Å². The average molecular weight is 497 g/mol. The van der Waals surface area contributed by atoms with Crippen molar-refractivity contribution in [2.75, 3.05) is 0 Å². The molecule has 1 heterocycles. The van der Waals surface area contributed by atoms with Gasteiger partial charge in [-0.25, -0.2) is 0 Å². The van der Waals surface area contributed by atoms with Gasteiger partial charge in [0.25, 0.3) is 0 Å². The van der Waals surface area contributed by atoms with Crippen molar-refractivity contribution in [2.45, 2.75) is 33.1 Å². The molecule has 0 radical (unpaired) electrons. The van der Waals surface area contributed by atoms with Crippen molar-refractivity contribution < 1.29 is 0 Å². The first-order valence-electron chi connectivity index (χ1n) is 10.6. The third-order valence-electron chi connectivity index (χ3n) is 6.01. The fraction of sp³-hybridized carbons (Fsp3) is 0.172. The van der Waals surface area contributed by atoms with Gasteiger partial charge in [0.05, 0.1) is 0 Å². The molecule has 0 aliphatic carbocycles. The normalized spacial score (nSPS) is 13.2. The van der Waals surface area contributed by atoms with Gasteiger partial charge >= 0.3 is 188 Å². The number of fused-ring (bicyclic) bond motifs is 3. The Labute approximate surface area is 187 Å². The summed E-state index contributed by atoms with van der Waals surface area (Å²) < 4.78 is 4.84. The van der Waals surface area contributed by atoms with E-state index in [1.165, 1.54) is 27.8 Å². The van der Waals surface area contributed by atoms with Crippen LogP contribution in [0.15, 0.2) is 91.0 Å². The summed E-state index contributed by atoms with van der Waals surface area (Å²) in [6.07, 6.45) is 0. The Morgan fingerprint density at radius 1 is 0.633 bits per heavy atom. The number of benzene rings is 4. The Hall–Kier alpha value is -2.30. The molecular formula is C29H27Sb. The summed E-state index contributed by atoms with van der Waals surface area (Å²) in [5.74, 6) is 0. The number of aryl methyl sites for hydroxylation is 1. The molecule has 0 saturated heterocycles. The zero-order chi connectivity index (χ0) is 20.9. The van der Waals surface area contributed by atoms with E-state index in [-0.39, 0.29) is 5.41 Å². The molecule has 1 aliphatic rings. The number of rotatable bonds is 2.